The summed E-state index contributed by atoms with van der Waals surface area (Å²) in [5.74, 6) is 0. The normalized spacial score (nSPS) is 16.6. The van der Waals surface area contributed by atoms with Crippen LogP contribution in [0.5, 0.6) is 0 Å². The Kier molecular flexibility index (Phi) is 4.06. The molecule has 4 nitrogen and oxygen atoms in total. The fourth-order valence-corrected chi connectivity index (χ4v) is 2.42. The van der Waals surface area contributed by atoms with Gasteiger partial charge in [0.15, 0.2) is 0 Å². The third kappa shape index (κ3) is 2.74. The van der Waals surface area contributed by atoms with Gasteiger partial charge in [-0.1, -0.05) is 0 Å². The lowest BCUT2D eigenvalue weighted by molar-refractivity contribution is 0.0459. The van der Waals surface area contributed by atoms with Crippen LogP contribution in [0.3, 0.4) is 0 Å². The van der Waals surface area contributed by atoms with Gasteiger partial charge >= 0.3 is 0 Å². The molecule has 1 saturated heterocycles. The molecular formula is C14H19N3O. The Hall–Kier alpha value is -1.73. The third-order valence-electron chi connectivity index (χ3n) is 3.33. The summed E-state index contributed by atoms with van der Waals surface area (Å²) in [6.07, 6.45) is 2.40. The van der Waals surface area contributed by atoms with Gasteiger partial charge in [0, 0.05) is 25.4 Å². The Labute approximate surface area is 108 Å². The lowest BCUT2D eigenvalue weighted by atomic mass is 10.0. The van der Waals surface area contributed by atoms with Crippen LogP contribution < -0.4 is 10.6 Å². The molecule has 0 amide bonds. The predicted molar refractivity (Wildman–Crippen MR) is 72.4 cm³/mol. The molecule has 2 rings (SSSR count). The van der Waals surface area contributed by atoms with Crippen molar-refractivity contribution in [2.75, 3.05) is 30.3 Å². The molecule has 0 saturated carbocycles. The SMILES string of the molecule is CCOC1CCN(c2ccc(N)cc2C#N)CC1. The minimum absolute atomic E-state index is 0.366. The van der Waals surface area contributed by atoms with Crippen LogP contribution >= 0.6 is 0 Å². The molecule has 18 heavy (non-hydrogen) atoms. The largest absolute Gasteiger partial charge is 0.399 e. The van der Waals surface area contributed by atoms with E-state index in [0.29, 0.717) is 17.4 Å². The van der Waals surface area contributed by atoms with Gasteiger partial charge in [-0.25, -0.2) is 0 Å². The highest BCUT2D eigenvalue weighted by Crippen LogP contribution is 2.26. The topological polar surface area (TPSA) is 62.3 Å². The van der Waals surface area contributed by atoms with E-state index < -0.39 is 0 Å². The number of nitrogens with two attached hydrogens (primary N) is 1. The number of nitriles is 1. The van der Waals surface area contributed by atoms with E-state index in [4.69, 9.17) is 15.7 Å². The first-order valence-electron chi connectivity index (χ1n) is 6.40. The Morgan fingerprint density at radius 3 is 2.78 bits per heavy atom. The fourth-order valence-electron chi connectivity index (χ4n) is 2.42. The first-order valence-corrected chi connectivity index (χ1v) is 6.40. The monoisotopic (exact) mass is 245 g/mol. The van der Waals surface area contributed by atoms with Gasteiger partial charge in [-0.2, -0.15) is 5.26 Å². The fraction of sp³-hybridized carbons (Fsp3) is 0.500. The summed E-state index contributed by atoms with van der Waals surface area (Å²) in [4.78, 5) is 2.24. The number of anilines is 2. The van der Waals surface area contributed by atoms with Crippen molar-refractivity contribution in [3.8, 4) is 6.07 Å². The van der Waals surface area contributed by atoms with Crippen LogP contribution in [0.25, 0.3) is 0 Å². The summed E-state index contributed by atoms with van der Waals surface area (Å²) < 4.78 is 5.63. The van der Waals surface area contributed by atoms with Crippen molar-refractivity contribution in [3.05, 3.63) is 23.8 Å². The van der Waals surface area contributed by atoms with Gasteiger partial charge < -0.3 is 15.4 Å². The quantitative estimate of drug-likeness (QED) is 0.829. The number of benzene rings is 1. The number of nitrogen functional groups attached to an aromatic ring is 1. The molecule has 4 heteroatoms. The van der Waals surface area contributed by atoms with E-state index >= 15 is 0 Å². The van der Waals surface area contributed by atoms with E-state index in [1.54, 1.807) is 6.07 Å². The molecule has 0 aliphatic carbocycles. The maximum absolute atomic E-state index is 9.15. The van der Waals surface area contributed by atoms with Crippen molar-refractivity contribution in [3.63, 3.8) is 0 Å². The highest BCUT2D eigenvalue weighted by atomic mass is 16.5. The van der Waals surface area contributed by atoms with Gasteiger partial charge in [0.1, 0.15) is 6.07 Å². The van der Waals surface area contributed by atoms with Crippen LogP contribution in [0.15, 0.2) is 18.2 Å². The summed E-state index contributed by atoms with van der Waals surface area (Å²) in [5, 5.41) is 9.15. The summed E-state index contributed by atoms with van der Waals surface area (Å²) in [6, 6.07) is 7.75. The molecule has 1 aliphatic heterocycles. The lowest BCUT2D eigenvalue weighted by Gasteiger charge is -2.33. The molecule has 1 aromatic rings. The molecule has 1 fully saturated rings. The van der Waals surface area contributed by atoms with E-state index in [-0.39, 0.29) is 0 Å². The number of piperidine rings is 1. The van der Waals surface area contributed by atoms with Crippen molar-refractivity contribution >= 4 is 11.4 Å². The molecule has 1 aromatic carbocycles. The first kappa shape index (κ1) is 12.7. The Balaban J connectivity index is 2.08. The van der Waals surface area contributed by atoms with Crippen LogP contribution in [-0.4, -0.2) is 25.8 Å². The number of rotatable bonds is 3. The molecule has 96 valence electrons. The van der Waals surface area contributed by atoms with Gasteiger partial charge in [0.2, 0.25) is 0 Å². The van der Waals surface area contributed by atoms with Gasteiger partial charge in [-0.05, 0) is 38.0 Å². The van der Waals surface area contributed by atoms with Gasteiger partial charge in [-0.15, -0.1) is 0 Å². The first-order chi connectivity index (χ1) is 8.74. The molecule has 0 bridgehead atoms. The Bertz CT molecular complexity index is 445. The van der Waals surface area contributed by atoms with Crippen LogP contribution in [0.2, 0.25) is 0 Å². The maximum Gasteiger partial charge on any atom is 0.101 e. The van der Waals surface area contributed by atoms with E-state index in [1.165, 1.54) is 0 Å². The molecule has 1 heterocycles. The molecule has 0 radical (unpaired) electrons. The number of hydrogen-bond donors (Lipinski definition) is 1. The number of hydrogen-bond acceptors (Lipinski definition) is 4. The van der Waals surface area contributed by atoms with Gasteiger partial charge in [0.25, 0.3) is 0 Å². The standard InChI is InChI=1S/C14H19N3O/c1-2-18-13-5-7-17(8-6-13)14-4-3-12(16)9-11(14)10-15/h3-4,9,13H,2,5-8,16H2,1H3. The zero-order valence-electron chi connectivity index (χ0n) is 10.7. The van der Waals surface area contributed by atoms with Crippen molar-refractivity contribution in [2.24, 2.45) is 0 Å². The summed E-state index contributed by atoms with van der Waals surface area (Å²) in [7, 11) is 0. The van der Waals surface area contributed by atoms with Crippen molar-refractivity contribution in [1.82, 2.24) is 0 Å². The Morgan fingerprint density at radius 1 is 1.44 bits per heavy atom. The summed E-state index contributed by atoms with van der Waals surface area (Å²) in [5.41, 5.74) is 7.99. The predicted octanol–water partition coefficient (Wildman–Crippen LogP) is 2.15. The lowest BCUT2D eigenvalue weighted by Crippen LogP contribution is -2.37. The van der Waals surface area contributed by atoms with Crippen LogP contribution in [0.4, 0.5) is 11.4 Å². The minimum Gasteiger partial charge on any atom is -0.399 e. The van der Waals surface area contributed by atoms with Crippen LogP contribution in [0, 0.1) is 11.3 Å². The average molecular weight is 245 g/mol. The van der Waals surface area contributed by atoms with Crippen molar-refractivity contribution in [2.45, 2.75) is 25.9 Å². The van der Waals surface area contributed by atoms with Crippen molar-refractivity contribution in [1.29, 1.82) is 5.26 Å². The second kappa shape index (κ2) is 5.74. The molecular weight excluding hydrogens is 226 g/mol. The summed E-state index contributed by atoms with van der Waals surface area (Å²) in [6.45, 7) is 4.67. The molecule has 0 atom stereocenters. The van der Waals surface area contributed by atoms with Crippen molar-refractivity contribution < 1.29 is 4.74 Å². The zero-order valence-corrected chi connectivity index (χ0v) is 10.7. The molecule has 0 aromatic heterocycles. The smallest absolute Gasteiger partial charge is 0.101 e. The molecule has 0 unspecified atom stereocenters. The number of ether oxygens (including phenoxy) is 1. The molecule has 1 aliphatic rings. The number of nitrogens with zero attached hydrogens (tertiary/aromatic N) is 2. The minimum atomic E-state index is 0.366. The maximum atomic E-state index is 9.15. The average Bonchev–Trinajstić information content (AvgIpc) is 2.40. The van der Waals surface area contributed by atoms with Crippen LogP contribution in [0.1, 0.15) is 25.3 Å². The zero-order chi connectivity index (χ0) is 13.0. The Morgan fingerprint density at radius 2 is 2.17 bits per heavy atom. The van der Waals surface area contributed by atoms with E-state index in [2.05, 4.69) is 11.0 Å². The van der Waals surface area contributed by atoms with E-state index in [1.807, 2.05) is 19.1 Å². The highest BCUT2D eigenvalue weighted by Gasteiger charge is 2.21. The molecule has 0 spiro atoms. The molecule has 2 N–H and O–H groups in total. The summed E-state index contributed by atoms with van der Waals surface area (Å²) >= 11 is 0. The van der Waals surface area contributed by atoms with E-state index in [0.717, 1.165) is 38.2 Å². The highest BCUT2D eigenvalue weighted by molar-refractivity contribution is 5.64. The van der Waals surface area contributed by atoms with Crippen LogP contribution in [-0.2, 0) is 4.74 Å². The van der Waals surface area contributed by atoms with Gasteiger partial charge in [0.05, 0.1) is 17.4 Å². The third-order valence-corrected chi connectivity index (χ3v) is 3.33. The second-order valence-electron chi connectivity index (χ2n) is 4.53. The second-order valence-corrected chi connectivity index (χ2v) is 4.53. The van der Waals surface area contributed by atoms with E-state index in [9.17, 15) is 0 Å². The van der Waals surface area contributed by atoms with Gasteiger partial charge in [-0.3, -0.25) is 0 Å².